The summed E-state index contributed by atoms with van der Waals surface area (Å²) in [4.78, 5) is 4.92. The monoisotopic (exact) mass is 276 g/mol. The first kappa shape index (κ1) is 12.7. The number of para-hydroxylation sites is 1. The Morgan fingerprint density at radius 2 is 2.11 bits per heavy atom. The summed E-state index contributed by atoms with van der Waals surface area (Å²) in [5.41, 5.74) is 1.52. The molecule has 5 heteroatoms. The zero-order valence-corrected chi connectivity index (χ0v) is 11.5. The van der Waals surface area contributed by atoms with E-state index in [9.17, 15) is 5.11 Å². The maximum atomic E-state index is 10.0. The number of hydrogen-bond acceptors (Lipinski definition) is 4. The number of allylic oxidation sites excluding steroid dienone is 1. The lowest BCUT2D eigenvalue weighted by Crippen LogP contribution is -1.90. The van der Waals surface area contributed by atoms with Gasteiger partial charge in [0.05, 0.1) is 11.9 Å². The maximum absolute atomic E-state index is 10.0. The van der Waals surface area contributed by atoms with Gasteiger partial charge >= 0.3 is 0 Å². The van der Waals surface area contributed by atoms with E-state index in [4.69, 9.17) is 12.2 Å². The van der Waals surface area contributed by atoms with Crippen LogP contribution >= 0.6 is 23.6 Å². The van der Waals surface area contributed by atoms with E-state index in [0.29, 0.717) is 14.5 Å². The summed E-state index contributed by atoms with van der Waals surface area (Å²) in [7, 11) is 0. The average Bonchev–Trinajstić information content (AvgIpc) is 2.63. The standard InChI is InChI=1S/C13H12N2OS2/c1-9(2)15-12(16)11(18-13(15)17)8-14-10-6-4-3-5-7-10/h3-8,16H,1H2,2H3. The van der Waals surface area contributed by atoms with Gasteiger partial charge in [-0.25, -0.2) is 0 Å². The average molecular weight is 276 g/mol. The lowest BCUT2D eigenvalue weighted by Gasteiger charge is -2.01. The second-order valence-electron chi connectivity index (χ2n) is 3.72. The molecule has 2 aromatic rings. The van der Waals surface area contributed by atoms with E-state index in [1.807, 2.05) is 30.3 Å². The highest BCUT2D eigenvalue weighted by atomic mass is 32.1. The molecule has 0 bridgehead atoms. The van der Waals surface area contributed by atoms with Crippen molar-refractivity contribution in [3.05, 3.63) is 45.7 Å². The minimum atomic E-state index is 0.0946. The molecule has 0 saturated heterocycles. The fourth-order valence-corrected chi connectivity index (χ4v) is 2.77. The van der Waals surface area contributed by atoms with Crippen LogP contribution in [0.3, 0.4) is 0 Å². The van der Waals surface area contributed by atoms with Crippen LogP contribution in [0, 0.1) is 3.95 Å². The first-order chi connectivity index (χ1) is 8.59. The van der Waals surface area contributed by atoms with Crippen molar-refractivity contribution >= 4 is 41.2 Å². The van der Waals surface area contributed by atoms with Gasteiger partial charge in [-0.3, -0.25) is 9.56 Å². The number of rotatable bonds is 3. The van der Waals surface area contributed by atoms with E-state index >= 15 is 0 Å². The molecule has 1 N–H and O–H groups in total. The van der Waals surface area contributed by atoms with Crippen molar-refractivity contribution in [2.24, 2.45) is 4.99 Å². The van der Waals surface area contributed by atoms with E-state index in [-0.39, 0.29) is 5.88 Å². The van der Waals surface area contributed by atoms with Crippen molar-refractivity contribution in [2.45, 2.75) is 6.92 Å². The third-order valence-electron chi connectivity index (χ3n) is 2.28. The number of benzene rings is 1. The molecule has 0 aliphatic heterocycles. The Morgan fingerprint density at radius 3 is 2.67 bits per heavy atom. The molecule has 1 heterocycles. The summed E-state index contributed by atoms with van der Waals surface area (Å²) in [5, 5.41) is 10.0. The lowest BCUT2D eigenvalue weighted by atomic mass is 10.3. The quantitative estimate of drug-likeness (QED) is 0.673. The zero-order chi connectivity index (χ0) is 13.1. The SMILES string of the molecule is C=C(C)n1c(O)c(C=Nc2ccccc2)sc1=S. The molecular formula is C13H12N2OS2. The van der Waals surface area contributed by atoms with Crippen LogP contribution in [0.25, 0.3) is 5.70 Å². The number of aromatic hydroxyl groups is 1. The summed E-state index contributed by atoms with van der Waals surface area (Å²) in [6.45, 7) is 5.57. The van der Waals surface area contributed by atoms with Crippen molar-refractivity contribution in [3.8, 4) is 5.88 Å². The highest BCUT2D eigenvalue weighted by Gasteiger charge is 2.10. The minimum absolute atomic E-state index is 0.0946. The summed E-state index contributed by atoms with van der Waals surface area (Å²) in [5.74, 6) is 0.0946. The van der Waals surface area contributed by atoms with Gasteiger partial charge in [0.15, 0.2) is 3.95 Å². The second-order valence-corrected chi connectivity index (χ2v) is 5.40. The van der Waals surface area contributed by atoms with Crippen molar-refractivity contribution in [3.63, 3.8) is 0 Å². The van der Waals surface area contributed by atoms with Crippen LogP contribution in [-0.2, 0) is 0 Å². The maximum Gasteiger partial charge on any atom is 0.216 e. The van der Waals surface area contributed by atoms with E-state index in [2.05, 4.69) is 11.6 Å². The molecular weight excluding hydrogens is 264 g/mol. The van der Waals surface area contributed by atoms with Gasteiger partial charge in [0.25, 0.3) is 0 Å². The largest absolute Gasteiger partial charge is 0.493 e. The highest BCUT2D eigenvalue weighted by Crippen LogP contribution is 2.27. The lowest BCUT2D eigenvalue weighted by molar-refractivity contribution is 0.443. The Kier molecular flexibility index (Phi) is 3.74. The molecule has 0 fully saturated rings. The molecule has 2 rings (SSSR count). The molecule has 0 amide bonds. The van der Waals surface area contributed by atoms with E-state index < -0.39 is 0 Å². The summed E-state index contributed by atoms with van der Waals surface area (Å²) in [6, 6.07) is 9.53. The molecule has 0 aliphatic rings. The smallest absolute Gasteiger partial charge is 0.216 e. The Balaban J connectivity index is 2.37. The number of aliphatic imine (C=N–C) groups is 1. The molecule has 0 atom stereocenters. The third kappa shape index (κ3) is 2.57. The van der Waals surface area contributed by atoms with Crippen LogP contribution in [0.4, 0.5) is 5.69 Å². The van der Waals surface area contributed by atoms with Gasteiger partial charge < -0.3 is 5.11 Å². The molecule has 0 unspecified atom stereocenters. The van der Waals surface area contributed by atoms with Crippen LogP contribution in [0.2, 0.25) is 0 Å². The molecule has 0 aliphatic carbocycles. The Bertz CT molecular complexity index is 653. The molecule has 0 saturated carbocycles. The molecule has 92 valence electrons. The van der Waals surface area contributed by atoms with E-state index in [1.165, 1.54) is 15.9 Å². The molecule has 1 aromatic carbocycles. The van der Waals surface area contributed by atoms with Crippen LogP contribution in [0.5, 0.6) is 5.88 Å². The molecule has 3 nitrogen and oxygen atoms in total. The molecule has 0 spiro atoms. The molecule has 18 heavy (non-hydrogen) atoms. The summed E-state index contributed by atoms with van der Waals surface area (Å²) in [6.07, 6.45) is 1.62. The predicted octanol–water partition coefficient (Wildman–Crippen LogP) is 4.23. The number of hydrogen-bond donors (Lipinski definition) is 1. The van der Waals surface area contributed by atoms with Crippen LogP contribution in [0.15, 0.2) is 41.9 Å². The van der Waals surface area contributed by atoms with Gasteiger partial charge in [0, 0.05) is 5.70 Å². The fourth-order valence-electron chi connectivity index (χ4n) is 1.45. The summed E-state index contributed by atoms with van der Waals surface area (Å²) < 4.78 is 2.10. The second kappa shape index (κ2) is 5.29. The first-order valence-electron chi connectivity index (χ1n) is 5.29. The van der Waals surface area contributed by atoms with Crippen molar-refractivity contribution in [1.29, 1.82) is 0 Å². The van der Waals surface area contributed by atoms with E-state index in [0.717, 1.165) is 5.69 Å². The van der Waals surface area contributed by atoms with Crippen LogP contribution < -0.4 is 0 Å². The Labute approximate surface area is 114 Å². The third-order valence-corrected chi connectivity index (χ3v) is 3.58. The van der Waals surface area contributed by atoms with Gasteiger partial charge in [-0.05, 0) is 31.3 Å². The predicted molar refractivity (Wildman–Crippen MR) is 79.5 cm³/mol. The van der Waals surface area contributed by atoms with Crippen molar-refractivity contribution in [1.82, 2.24) is 4.57 Å². The van der Waals surface area contributed by atoms with Crippen molar-refractivity contribution in [2.75, 3.05) is 0 Å². The molecule has 1 aromatic heterocycles. The fraction of sp³-hybridized carbons (Fsp3) is 0.0769. The number of aromatic nitrogens is 1. The summed E-state index contributed by atoms with van der Waals surface area (Å²) >= 11 is 6.47. The van der Waals surface area contributed by atoms with Gasteiger partial charge in [-0.2, -0.15) is 0 Å². The van der Waals surface area contributed by atoms with Crippen LogP contribution in [-0.4, -0.2) is 15.9 Å². The van der Waals surface area contributed by atoms with Gasteiger partial charge in [0.1, 0.15) is 4.88 Å². The topological polar surface area (TPSA) is 37.5 Å². The van der Waals surface area contributed by atoms with Gasteiger partial charge in [-0.15, -0.1) is 0 Å². The van der Waals surface area contributed by atoms with Crippen LogP contribution in [0.1, 0.15) is 11.8 Å². The minimum Gasteiger partial charge on any atom is -0.493 e. The Morgan fingerprint density at radius 1 is 1.44 bits per heavy atom. The zero-order valence-electron chi connectivity index (χ0n) is 9.83. The van der Waals surface area contributed by atoms with Crippen molar-refractivity contribution < 1.29 is 5.11 Å². The van der Waals surface area contributed by atoms with Gasteiger partial charge in [0.2, 0.25) is 5.88 Å². The van der Waals surface area contributed by atoms with E-state index in [1.54, 1.807) is 13.1 Å². The number of thiazole rings is 1. The highest BCUT2D eigenvalue weighted by molar-refractivity contribution is 7.73. The number of nitrogens with zero attached hydrogens (tertiary/aromatic N) is 2. The first-order valence-corrected chi connectivity index (χ1v) is 6.52. The molecule has 0 radical (unpaired) electrons. The normalized spacial score (nSPS) is 10.9. The Hall–Kier alpha value is -1.72. The van der Waals surface area contributed by atoms with Gasteiger partial charge in [-0.1, -0.05) is 36.1 Å².